The van der Waals surface area contributed by atoms with Gasteiger partial charge in [-0.2, -0.15) is 0 Å². The molecule has 0 N–H and O–H groups in total. The van der Waals surface area contributed by atoms with Gasteiger partial charge in [-0.3, -0.25) is 4.79 Å². The van der Waals surface area contributed by atoms with E-state index in [0.717, 1.165) is 11.4 Å². The number of aromatic nitrogens is 2. The molecule has 1 saturated carbocycles. The summed E-state index contributed by atoms with van der Waals surface area (Å²) in [6, 6.07) is 5.74. The SMILES string of the molecule is O=C1CCOc2ccc(-n3cnc(C4CC4)c3)cc21. The molecule has 96 valence electrons. The number of carbonyl (C=O) groups is 1. The predicted molar refractivity (Wildman–Crippen MR) is 70.0 cm³/mol. The van der Waals surface area contributed by atoms with Crippen molar-refractivity contribution in [2.45, 2.75) is 25.2 Å². The predicted octanol–water partition coefficient (Wildman–Crippen LogP) is 2.71. The van der Waals surface area contributed by atoms with Crippen molar-refractivity contribution in [1.29, 1.82) is 0 Å². The Morgan fingerprint density at radius 2 is 2.21 bits per heavy atom. The lowest BCUT2D eigenvalue weighted by molar-refractivity contribution is 0.0933. The average Bonchev–Trinajstić information content (AvgIpc) is 3.17. The Bertz CT molecular complexity index is 656. The third kappa shape index (κ3) is 1.84. The van der Waals surface area contributed by atoms with Gasteiger partial charge in [-0.1, -0.05) is 0 Å². The number of benzene rings is 1. The van der Waals surface area contributed by atoms with E-state index in [1.54, 1.807) is 0 Å². The maximum atomic E-state index is 11.9. The van der Waals surface area contributed by atoms with Crippen LogP contribution >= 0.6 is 0 Å². The highest BCUT2D eigenvalue weighted by Gasteiger charge is 2.26. The zero-order chi connectivity index (χ0) is 12.8. The standard InChI is InChI=1S/C15H14N2O2/c18-14-5-6-19-15-4-3-11(7-12(14)15)17-8-13(16-9-17)10-1-2-10/h3-4,7-10H,1-2,5-6H2. The Morgan fingerprint density at radius 1 is 1.32 bits per heavy atom. The lowest BCUT2D eigenvalue weighted by Gasteiger charge is -2.17. The molecule has 1 aromatic heterocycles. The number of rotatable bonds is 2. The van der Waals surface area contributed by atoms with E-state index < -0.39 is 0 Å². The van der Waals surface area contributed by atoms with Gasteiger partial charge in [0.1, 0.15) is 5.75 Å². The third-order valence-corrected chi connectivity index (χ3v) is 3.75. The topological polar surface area (TPSA) is 44.1 Å². The average molecular weight is 254 g/mol. The summed E-state index contributed by atoms with van der Waals surface area (Å²) in [6.07, 6.45) is 6.84. The van der Waals surface area contributed by atoms with Gasteiger partial charge in [-0.05, 0) is 31.0 Å². The first kappa shape index (κ1) is 10.8. The first-order chi connectivity index (χ1) is 9.31. The molecule has 2 aromatic rings. The quantitative estimate of drug-likeness (QED) is 0.827. The smallest absolute Gasteiger partial charge is 0.170 e. The number of ketones is 1. The molecule has 2 aliphatic rings. The van der Waals surface area contributed by atoms with Crippen molar-refractivity contribution in [2.75, 3.05) is 6.61 Å². The number of hydrogen-bond donors (Lipinski definition) is 0. The maximum absolute atomic E-state index is 11.9. The number of hydrogen-bond acceptors (Lipinski definition) is 3. The van der Waals surface area contributed by atoms with Crippen LogP contribution in [0, 0.1) is 0 Å². The van der Waals surface area contributed by atoms with E-state index in [1.807, 2.05) is 29.1 Å². The van der Waals surface area contributed by atoms with Crippen molar-refractivity contribution in [1.82, 2.24) is 9.55 Å². The lowest BCUT2D eigenvalue weighted by Crippen LogP contribution is -2.15. The number of ether oxygens (including phenoxy) is 1. The van der Waals surface area contributed by atoms with Crippen molar-refractivity contribution < 1.29 is 9.53 Å². The van der Waals surface area contributed by atoms with Gasteiger partial charge in [0, 0.05) is 24.2 Å². The fourth-order valence-electron chi connectivity index (χ4n) is 2.48. The van der Waals surface area contributed by atoms with Crippen molar-refractivity contribution in [3.8, 4) is 11.4 Å². The zero-order valence-electron chi connectivity index (χ0n) is 10.5. The molecule has 4 nitrogen and oxygen atoms in total. The summed E-state index contributed by atoms with van der Waals surface area (Å²) in [5.41, 5.74) is 2.81. The van der Waals surface area contributed by atoms with Crippen LogP contribution < -0.4 is 4.74 Å². The second kappa shape index (κ2) is 3.95. The minimum absolute atomic E-state index is 0.158. The first-order valence-corrected chi connectivity index (χ1v) is 6.65. The molecule has 0 radical (unpaired) electrons. The van der Waals surface area contributed by atoms with Crippen LogP contribution in [0.5, 0.6) is 5.75 Å². The van der Waals surface area contributed by atoms with Gasteiger partial charge in [0.25, 0.3) is 0 Å². The highest BCUT2D eigenvalue weighted by Crippen LogP contribution is 2.39. The molecule has 1 aliphatic heterocycles. The molecule has 1 fully saturated rings. The van der Waals surface area contributed by atoms with Gasteiger partial charge in [0.15, 0.2) is 5.78 Å². The normalized spacial score (nSPS) is 18.0. The lowest BCUT2D eigenvalue weighted by atomic mass is 10.0. The summed E-state index contributed by atoms with van der Waals surface area (Å²) in [6.45, 7) is 0.488. The Hall–Kier alpha value is -2.10. The van der Waals surface area contributed by atoms with Crippen molar-refractivity contribution in [3.63, 3.8) is 0 Å². The summed E-state index contributed by atoms with van der Waals surface area (Å²) < 4.78 is 7.47. The van der Waals surface area contributed by atoms with Gasteiger partial charge in [0.05, 0.1) is 24.2 Å². The summed E-state index contributed by atoms with van der Waals surface area (Å²) >= 11 is 0. The molecule has 0 atom stereocenters. The largest absolute Gasteiger partial charge is 0.492 e. The van der Waals surface area contributed by atoms with E-state index >= 15 is 0 Å². The number of Topliss-reactive ketones (excluding diaryl/α,β-unsaturated/α-hetero) is 1. The van der Waals surface area contributed by atoms with Crippen LogP contribution in [0.15, 0.2) is 30.7 Å². The van der Waals surface area contributed by atoms with Crippen LogP contribution in [0.4, 0.5) is 0 Å². The van der Waals surface area contributed by atoms with Crippen LogP contribution in [0.3, 0.4) is 0 Å². The summed E-state index contributed by atoms with van der Waals surface area (Å²) in [5, 5.41) is 0. The molecule has 1 aliphatic carbocycles. The Balaban J connectivity index is 1.74. The van der Waals surface area contributed by atoms with E-state index in [9.17, 15) is 4.79 Å². The minimum Gasteiger partial charge on any atom is -0.492 e. The Morgan fingerprint density at radius 3 is 3.05 bits per heavy atom. The van der Waals surface area contributed by atoms with Gasteiger partial charge in [0.2, 0.25) is 0 Å². The number of nitrogens with zero attached hydrogens (tertiary/aromatic N) is 2. The van der Waals surface area contributed by atoms with Crippen LogP contribution in [0.25, 0.3) is 5.69 Å². The van der Waals surface area contributed by atoms with E-state index in [4.69, 9.17) is 4.74 Å². The van der Waals surface area contributed by atoms with Gasteiger partial charge < -0.3 is 9.30 Å². The summed E-state index contributed by atoms with van der Waals surface area (Å²) in [7, 11) is 0. The number of imidazole rings is 1. The molecule has 4 heteroatoms. The number of fused-ring (bicyclic) bond motifs is 1. The maximum Gasteiger partial charge on any atom is 0.170 e. The summed E-state index contributed by atoms with van der Waals surface area (Å²) in [4.78, 5) is 16.3. The van der Waals surface area contributed by atoms with E-state index in [2.05, 4.69) is 11.2 Å². The Kier molecular flexibility index (Phi) is 2.24. The van der Waals surface area contributed by atoms with Crippen LogP contribution in [0.2, 0.25) is 0 Å². The Labute approximate surface area is 111 Å². The van der Waals surface area contributed by atoms with Crippen LogP contribution in [-0.2, 0) is 0 Å². The van der Waals surface area contributed by atoms with Crippen LogP contribution in [-0.4, -0.2) is 21.9 Å². The molecular formula is C15H14N2O2. The molecule has 19 heavy (non-hydrogen) atoms. The van der Waals surface area contributed by atoms with Crippen molar-refractivity contribution in [3.05, 3.63) is 42.0 Å². The van der Waals surface area contributed by atoms with Gasteiger partial charge in [-0.25, -0.2) is 4.98 Å². The number of carbonyl (C=O) groups excluding carboxylic acids is 1. The zero-order valence-corrected chi connectivity index (χ0v) is 10.5. The van der Waals surface area contributed by atoms with Gasteiger partial charge >= 0.3 is 0 Å². The van der Waals surface area contributed by atoms with Crippen molar-refractivity contribution >= 4 is 5.78 Å². The molecule has 2 heterocycles. The molecule has 0 unspecified atom stereocenters. The molecule has 0 bridgehead atoms. The van der Waals surface area contributed by atoms with E-state index in [1.165, 1.54) is 12.8 Å². The fourth-order valence-corrected chi connectivity index (χ4v) is 2.48. The van der Waals surface area contributed by atoms with E-state index in [0.29, 0.717) is 30.3 Å². The van der Waals surface area contributed by atoms with Crippen LogP contribution in [0.1, 0.15) is 41.2 Å². The van der Waals surface area contributed by atoms with Crippen molar-refractivity contribution in [2.24, 2.45) is 0 Å². The molecule has 0 saturated heterocycles. The monoisotopic (exact) mass is 254 g/mol. The molecule has 0 amide bonds. The molecule has 0 spiro atoms. The minimum atomic E-state index is 0.158. The third-order valence-electron chi connectivity index (χ3n) is 3.75. The molecule has 4 rings (SSSR count). The second-order valence-electron chi connectivity index (χ2n) is 5.18. The first-order valence-electron chi connectivity index (χ1n) is 6.65. The van der Waals surface area contributed by atoms with Gasteiger partial charge in [-0.15, -0.1) is 0 Å². The molecular weight excluding hydrogens is 240 g/mol. The highest BCUT2D eigenvalue weighted by molar-refractivity contribution is 6.00. The molecule has 1 aromatic carbocycles. The van der Waals surface area contributed by atoms with E-state index in [-0.39, 0.29) is 5.78 Å². The fraction of sp³-hybridized carbons (Fsp3) is 0.333. The highest BCUT2D eigenvalue weighted by atomic mass is 16.5. The summed E-state index contributed by atoms with van der Waals surface area (Å²) in [5.74, 6) is 1.50. The second-order valence-corrected chi connectivity index (χ2v) is 5.18.